The van der Waals surface area contributed by atoms with Crippen LogP contribution in [0.25, 0.3) is 10.9 Å². The second-order valence-electron chi connectivity index (χ2n) is 10.5. The SMILES string of the molecule is CCc1ccc2[nH]c(=O)c(C(c3nnnn3C3CCCC3)N(Cc3cccc(OC)c3)Cc3ccco3)cc2c1. The monoisotopic (exact) mass is 538 g/mol. The van der Waals surface area contributed by atoms with Crippen molar-refractivity contribution in [3.8, 4) is 5.75 Å². The standard InChI is InChI=1S/C31H34N6O3/c1-3-21-13-14-28-23(16-21)18-27(31(38)32-28)29(30-33-34-35-37(30)24-9-4-5-10-24)36(20-26-12-7-15-40-26)19-22-8-6-11-25(17-22)39-2/h6-8,11-18,24,29H,3-5,9-10,19-20H2,1-2H3,(H,32,38). The lowest BCUT2D eigenvalue weighted by molar-refractivity contribution is 0.176. The highest BCUT2D eigenvalue weighted by Crippen LogP contribution is 2.35. The van der Waals surface area contributed by atoms with E-state index in [2.05, 4.69) is 50.5 Å². The minimum absolute atomic E-state index is 0.155. The summed E-state index contributed by atoms with van der Waals surface area (Å²) in [5, 5.41) is 14.1. The number of nitrogens with one attached hydrogen (secondary N) is 1. The summed E-state index contributed by atoms with van der Waals surface area (Å²) in [4.78, 5) is 19.2. The average Bonchev–Trinajstić information content (AvgIpc) is 3.77. The van der Waals surface area contributed by atoms with E-state index < -0.39 is 6.04 Å². The van der Waals surface area contributed by atoms with Gasteiger partial charge in [0.15, 0.2) is 5.82 Å². The smallest absolute Gasteiger partial charge is 0.253 e. The third kappa shape index (κ3) is 5.29. The molecule has 5 aromatic rings. The molecule has 1 saturated carbocycles. The van der Waals surface area contributed by atoms with E-state index in [-0.39, 0.29) is 11.6 Å². The molecule has 206 valence electrons. The Bertz CT molecular complexity index is 1630. The van der Waals surface area contributed by atoms with Crippen molar-refractivity contribution in [3.63, 3.8) is 0 Å². The Morgan fingerprint density at radius 2 is 1.95 bits per heavy atom. The van der Waals surface area contributed by atoms with Crippen LogP contribution in [0.15, 0.2) is 76.1 Å². The first kappa shape index (κ1) is 26.0. The minimum Gasteiger partial charge on any atom is -0.497 e. The largest absolute Gasteiger partial charge is 0.497 e. The third-order valence-electron chi connectivity index (χ3n) is 7.90. The molecule has 1 unspecified atom stereocenters. The van der Waals surface area contributed by atoms with Crippen molar-refractivity contribution in [3.05, 3.63) is 106 Å². The lowest BCUT2D eigenvalue weighted by atomic mass is 10.0. The van der Waals surface area contributed by atoms with E-state index in [1.165, 1.54) is 5.56 Å². The Morgan fingerprint density at radius 3 is 2.73 bits per heavy atom. The molecule has 0 bridgehead atoms. The van der Waals surface area contributed by atoms with Crippen LogP contribution in [-0.4, -0.2) is 37.2 Å². The molecule has 9 nitrogen and oxygen atoms in total. The van der Waals surface area contributed by atoms with Crippen LogP contribution in [0, 0.1) is 0 Å². The Kier molecular flexibility index (Phi) is 7.46. The molecule has 0 radical (unpaired) electrons. The lowest BCUT2D eigenvalue weighted by Crippen LogP contribution is -2.35. The maximum absolute atomic E-state index is 13.8. The Labute approximate surface area is 232 Å². The first-order valence-corrected chi connectivity index (χ1v) is 14.0. The zero-order valence-corrected chi connectivity index (χ0v) is 22.9. The molecular weight excluding hydrogens is 504 g/mol. The van der Waals surface area contributed by atoms with Gasteiger partial charge in [0, 0.05) is 17.6 Å². The zero-order valence-electron chi connectivity index (χ0n) is 22.9. The molecule has 0 spiro atoms. The van der Waals surface area contributed by atoms with Crippen molar-refractivity contribution < 1.29 is 9.15 Å². The second kappa shape index (κ2) is 11.5. The van der Waals surface area contributed by atoms with Crippen LogP contribution in [0.1, 0.15) is 73.0 Å². The van der Waals surface area contributed by atoms with Crippen LogP contribution in [0.4, 0.5) is 0 Å². The number of H-pyrrole nitrogens is 1. The fourth-order valence-electron chi connectivity index (χ4n) is 5.83. The maximum Gasteiger partial charge on any atom is 0.253 e. The number of methoxy groups -OCH3 is 1. The summed E-state index contributed by atoms with van der Waals surface area (Å²) in [6, 6.07) is 19.7. The van der Waals surface area contributed by atoms with Gasteiger partial charge in [0.05, 0.1) is 26.0 Å². The van der Waals surface area contributed by atoms with Gasteiger partial charge in [0.1, 0.15) is 17.6 Å². The number of pyridine rings is 1. The molecule has 1 aliphatic carbocycles. The number of hydrogen-bond acceptors (Lipinski definition) is 7. The van der Waals surface area contributed by atoms with Crippen LogP contribution >= 0.6 is 0 Å². The fourth-order valence-corrected chi connectivity index (χ4v) is 5.83. The highest BCUT2D eigenvalue weighted by atomic mass is 16.5. The molecule has 1 atom stereocenters. The van der Waals surface area contributed by atoms with Gasteiger partial charge in [-0.25, -0.2) is 4.68 Å². The van der Waals surface area contributed by atoms with Crippen molar-refractivity contribution in [2.24, 2.45) is 0 Å². The molecule has 0 amide bonds. The number of rotatable bonds is 10. The topological polar surface area (TPSA) is 102 Å². The number of ether oxygens (including phenoxy) is 1. The molecule has 0 saturated heterocycles. The van der Waals surface area contributed by atoms with E-state index in [1.807, 2.05) is 47.1 Å². The molecular formula is C31H34N6O3. The summed E-state index contributed by atoms with van der Waals surface area (Å²) in [6.45, 7) is 3.11. The predicted molar refractivity (Wildman–Crippen MR) is 152 cm³/mol. The number of hydrogen-bond donors (Lipinski definition) is 1. The number of tetrazole rings is 1. The van der Waals surface area contributed by atoms with Gasteiger partial charge in [0.25, 0.3) is 5.56 Å². The van der Waals surface area contributed by atoms with Crippen LogP contribution < -0.4 is 10.3 Å². The van der Waals surface area contributed by atoms with Gasteiger partial charge in [0.2, 0.25) is 0 Å². The van der Waals surface area contributed by atoms with E-state index in [9.17, 15) is 4.79 Å². The summed E-state index contributed by atoms with van der Waals surface area (Å²) < 4.78 is 13.3. The molecule has 9 heteroatoms. The predicted octanol–water partition coefficient (Wildman–Crippen LogP) is 5.59. The van der Waals surface area contributed by atoms with Crippen LogP contribution in [0.5, 0.6) is 5.75 Å². The van der Waals surface area contributed by atoms with Crippen molar-refractivity contribution in [1.29, 1.82) is 0 Å². The molecule has 40 heavy (non-hydrogen) atoms. The van der Waals surface area contributed by atoms with Crippen LogP contribution in [-0.2, 0) is 19.5 Å². The molecule has 6 rings (SSSR count). The number of aromatic nitrogens is 5. The van der Waals surface area contributed by atoms with Gasteiger partial charge in [-0.1, -0.05) is 38.0 Å². The molecule has 1 aliphatic rings. The van der Waals surface area contributed by atoms with Gasteiger partial charge < -0.3 is 14.1 Å². The Morgan fingerprint density at radius 1 is 1.07 bits per heavy atom. The molecule has 3 heterocycles. The highest BCUT2D eigenvalue weighted by molar-refractivity contribution is 5.80. The normalized spacial score (nSPS) is 14.8. The number of fused-ring (bicyclic) bond motifs is 1. The summed E-state index contributed by atoms with van der Waals surface area (Å²) in [5.41, 5.74) is 3.51. The van der Waals surface area contributed by atoms with Gasteiger partial charge in [-0.05, 0) is 88.7 Å². The third-order valence-corrected chi connectivity index (χ3v) is 7.90. The second-order valence-corrected chi connectivity index (χ2v) is 10.5. The van der Waals surface area contributed by atoms with Crippen molar-refractivity contribution >= 4 is 10.9 Å². The fraction of sp³-hybridized carbons (Fsp3) is 0.355. The number of aryl methyl sites for hydroxylation is 1. The quantitative estimate of drug-likeness (QED) is 0.247. The molecule has 3 aromatic heterocycles. The van der Waals surface area contributed by atoms with Gasteiger partial charge in [-0.15, -0.1) is 5.10 Å². The Hall–Kier alpha value is -4.24. The summed E-state index contributed by atoms with van der Waals surface area (Å²) in [5.74, 6) is 2.23. The molecule has 1 fully saturated rings. The van der Waals surface area contributed by atoms with Crippen molar-refractivity contribution in [2.75, 3.05) is 7.11 Å². The van der Waals surface area contributed by atoms with Gasteiger partial charge in [-0.3, -0.25) is 9.69 Å². The summed E-state index contributed by atoms with van der Waals surface area (Å²) >= 11 is 0. The molecule has 2 aromatic carbocycles. The number of benzene rings is 2. The summed E-state index contributed by atoms with van der Waals surface area (Å²) in [6.07, 6.45) is 6.91. The van der Waals surface area contributed by atoms with E-state index in [1.54, 1.807) is 13.4 Å². The van der Waals surface area contributed by atoms with E-state index in [0.29, 0.717) is 24.5 Å². The Balaban J connectivity index is 1.53. The number of furan rings is 1. The van der Waals surface area contributed by atoms with E-state index >= 15 is 0 Å². The number of aromatic amines is 1. The molecule has 1 N–H and O–H groups in total. The minimum atomic E-state index is -0.523. The molecule has 0 aliphatic heterocycles. The number of nitrogens with zero attached hydrogens (tertiary/aromatic N) is 5. The average molecular weight is 539 g/mol. The lowest BCUT2D eigenvalue weighted by Gasteiger charge is -2.31. The first-order valence-electron chi connectivity index (χ1n) is 14.0. The highest BCUT2D eigenvalue weighted by Gasteiger charge is 2.34. The van der Waals surface area contributed by atoms with Gasteiger partial charge >= 0.3 is 0 Å². The zero-order chi connectivity index (χ0) is 27.5. The summed E-state index contributed by atoms with van der Waals surface area (Å²) in [7, 11) is 1.66. The first-order chi connectivity index (χ1) is 19.6. The van der Waals surface area contributed by atoms with Gasteiger partial charge in [-0.2, -0.15) is 0 Å². The van der Waals surface area contributed by atoms with Crippen LogP contribution in [0.2, 0.25) is 0 Å². The van der Waals surface area contributed by atoms with E-state index in [0.717, 1.165) is 60.1 Å². The van der Waals surface area contributed by atoms with E-state index in [4.69, 9.17) is 9.15 Å². The maximum atomic E-state index is 13.8. The van der Waals surface area contributed by atoms with Crippen molar-refractivity contribution in [1.82, 2.24) is 30.1 Å². The van der Waals surface area contributed by atoms with Crippen LogP contribution in [0.3, 0.4) is 0 Å². The van der Waals surface area contributed by atoms with Crippen molar-refractivity contribution in [2.45, 2.75) is 64.2 Å².